The molecule has 4 heteroatoms. The zero-order valence-electron chi connectivity index (χ0n) is 12.0. The maximum absolute atomic E-state index is 12.3. The van der Waals surface area contributed by atoms with Crippen LogP contribution in [0.1, 0.15) is 46.5 Å². The highest BCUT2D eigenvalue weighted by Gasteiger charge is 2.38. The van der Waals surface area contributed by atoms with Gasteiger partial charge in [-0.25, -0.2) is 0 Å². The highest BCUT2D eigenvalue weighted by molar-refractivity contribution is 5.84. The Morgan fingerprint density at radius 1 is 1.33 bits per heavy atom. The second-order valence-electron chi connectivity index (χ2n) is 5.76. The molecule has 104 valence electrons. The average Bonchev–Trinajstić information content (AvgIpc) is 2.65. The van der Waals surface area contributed by atoms with Crippen molar-refractivity contribution < 1.29 is 4.79 Å². The van der Waals surface area contributed by atoms with Crippen molar-refractivity contribution in [1.82, 2.24) is 15.1 Å². The molecule has 3 unspecified atom stereocenters. The van der Waals surface area contributed by atoms with E-state index in [0.29, 0.717) is 6.04 Å². The van der Waals surface area contributed by atoms with E-state index < -0.39 is 0 Å². The van der Waals surface area contributed by atoms with E-state index in [9.17, 15) is 4.79 Å². The van der Waals surface area contributed by atoms with Crippen LogP contribution in [0.15, 0.2) is 0 Å². The third-order valence-corrected chi connectivity index (χ3v) is 4.27. The predicted octanol–water partition coefficient (Wildman–Crippen LogP) is 1.42. The lowest BCUT2D eigenvalue weighted by atomic mass is 10.1. The number of carbonyl (C=O) groups is 1. The number of hydrogen-bond acceptors (Lipinski definition) is 3. The summed E-state index contributed by atoms with van der Waals surface area (Å²) in [4.78, 5) is 16.8. The summed E-state index contributed by atoms with van der Waals surface area (Å²) in [7, 11) is 0. The Labute approximate surface area is 111 Å². The summed E-state index contributed by atoms with van der Waals surface area (Å²) in [5.41, 5.74) is 0. The molecule has 0 aromatic heterocycles. The lowest BCUT2D eigenvalue weighted by molar-refractivity contribution is -0.132. The fraction of sp³-hybridized carbons (Fsp3) is 0.929. The normalized spacial score (nSPS) is 31.9. The molecule has 2 fully saturated rings. The number of hydrogen-bond donors (Lipinski definition) is 1. The van der Waals surface area contributed by atoms with Crippen molar-refractivity contribution in [2.24, 2.45) is 0 Å². The first-order valence-electron chi connectivity index (χ1n) is 7.44. The molecule has 0 aromatic rings. The van der Waals surface area contributed by atoms with Crippen molar-refractivity contribution in [2.75, 3.05) is 19.6 Å². The van der Waals surface area contributed by atoms with Crippen LogP contribution >= 0.6 is 0 Å². The van der Waals surface area contributed by atoms with Gasteiger partial charge in [0.25, 0.3) is 0 Å². The van der Waals surface area contributed by atoms with E-state index in [1.54, 1.807) is 0 Å². The first-order valence-corrected chi connectivity index (χ1v) is 7.44. The first-order chi connectivity index (χ1) is 8.63. The van der Waals surface area contributed by atoms with Gasteiger partial charge in [0, 0.05) is 12.6 Å². The molecule has 2 aliphatic rings. The average molecular weight is 253 g/mol. The number of carbonyl (C=O) groups excluding carboxylic acids is 1. The molecule has 2 saturated heterocycles. The number of likely N-dealkylation sites (tertiary alicyclic amines) is 1. The second kappa shape index (κ2) is 6.02. The highest BCUT2D eigenvalue weighted by Crippen LogP contribution is 2.18. The van der Waals surface area contributed by atoms with Gasteiger partial charge in [-0.2, -0.15) is 0 Å². The van der Waals surface area contributed by atoms with Crippen LogP contribution in [0.2, 0.25) is 0 Å². The molecule has 0 radical (unpaired) electrons. The maximum Gasteiger partial charge on any atom is 0.241 e. The molecule has 0 bridgehead atoms. The molecular formula is C14H27N3O. The number of nitrogens with zero attached hydrogens (tertiary/aromatic N) is 2. The van der Waals surface area contributed by atoms with E-state index >= 15 is 0 Å². The lowest BCUT2D eigenvalue weighted by Gasteiger charge is -2.34. The monoisotopic (exact) mass is 253 g/mol. The van der Waals surface area contributed by atoms with Crippen LogP contribution < -0.4 is 5.32 Å². The van der Waals surface area contributed by atoms with Gasteiger partial charge in [0.05, 0.1) is 12.2 Å². The van der Waals surface area contributed by atoms with Crippen molar-refractivity contribution in [1.29, 1.82) is 0 Å². The van der Waals surface area contributed by atoms with E-state index in [2.05, 4.69) is 31.0 Å². The van der Waals surface area contributed by atoms with Gasteiger partial charge in [0.1, 0.15) is 0 Å². The largest absolute Gasteiger partial charge is 0.322 e. The van der Waals surface area contributed by atoms with Crippen LogP contribution in [0.5, 0.6) is 0 Å². The summed E-state index contributed by atoms with van der Waals surface area (Å²) >= 11 is 0. The number of amides is 1. The van der Waals surface area contributed by atoms with E-state index in [0.717, 1.165) is 13.0 Å². The van der Waals surface area contributed by atoms with Crippen molar-refractivity contribution in [3.8, 4) is 0 Å². The molecular weight excluding hydrogens is 226 g/mol. The summed E-state index contributed by atoms with van der Waals surface area (Å²) in [6, 6.07) is 0.346. The fourth-order valence-corrected chi connectivity index (χ4v) is 3.31. The SMILES string of the molecule is CCC1NC(C)N(C(C)CN2CCCCC2)C1=O. The first kappa shape index (κ1) is 13.8. The minimum atomic E-state index is 0.0313. The van der Waals surface area contributed by atoms with Gasteiger partial charge < -0.3 is 9.80 Å². The van der Waals surface area contributed by atoms with Crippen LogP contribution in [0.3, 0.4) is 0 Å². The molecule has 0 saturated carbocycles. The zero-order valence-corrected chi connectivity index (χ0v) is 12.0. The molecule has 3 atom stereocenters. The minimum Gasteiger partial charge on any atom is -0.322 e. The summed E-state index contributed by atoms with van der Waals surface area (Å²) in [6.07, 6.45) is 5.06. The Morgan fingerprint density at radius 3 is 2.56 bits per heavy atom. The van der Waals surface area contributed by atoms with Crippen LogP contribution in [0, 0.1) is 0 Å². The molecule has 0 spiro atoms. The Balaban J connectivity index is 1.91. The maximum atomic E-state index is 12.3. The van der Waals surface area contributed by atoms with E-state index in [1.807, 2.05) is 4.90 Å². The summed E-state index contributed by atoms with van der Waals surface area (Å²) in [5.74, 6) is 0.287. The van der Waals surface area contributed by atoms with Crippen LogP contribution in [0.4, 0.5) is 0 Å². The van der Waals surface area contributed by atoms with Crippen LogP contribution in [-0.2, 0) is 4.79 Å². The molecule has 2 heterocycles. The molecule has 4 nitrogen and oxygen atoms in total. The van der Waals surface area contributed by atoms with E-state index in [-0.39, 0.29) is 18.1 Å². The molecule has 1 N–H and O–H groups in total. The smallest absolute Gasteiger partial charge is 0.241 e. The van der Waals surface area contributed by atoms with E-state index in [1.165, 1.54) is 32.4 Å². The van der Waals surface area contributed by atoms with Gasteiger partial charge in [-0.15, -0.1) is 0 Å². The van der Waals surface area contributed by atoms with Crippen LogP contribution in [0.25, 0.3) is 0 Å². The van der Waals surface area contributed by atoms with Crippen molar-refractivity contribution in [3.63, 3.8) is 0 Å². The summed E-state index contributed by atoms with van der Waals surface area (Å²) in [5, 5.41) is 3.38. The van der Waals surface area contributed by atoms with Crippen molar-refractivity contribution in [3.05, 3.63) is 0 Å². The van der Waals surface area contributed by atoms with Crippen molar-refractivity contribution >= 4 is 5.91 Å². The Morgan fingerprint density at radius 2 is 2.00 bits per heavy atom. The predicted molar refractivity (Wildman–Crippen MR) is 73.3 cm³/mol. The van der Waals surface area contributed by atoms with Gasteiger partial charge in [-0.3, -0.25) is 10.1 Å². The molecule has 18 heavy (non-hydrogen) atoms. The number of piperidine rings is 1. The quantitative estimate of drug-likeness (QED) is 0.823. The van der Waals surface area contributed by atoms with Gasteiger partial charge >= 0.3 is 0 Å². The summed E-state index contributed by atoms with van der Waals surface area (Å²) < 4.78 is 0. The molecule has 2 rings (SSSR count). The fourth-order valence-electron chi connectivity index (χ4n) is 3.31. The standard InChI is InChI=1S/C14H27N3O/c1-4-13-14(18)17(12(3)15-13)11(2)10-16-8-6-5-7-9-16/h11-13,15H,4-10H2,1-3H3. The lowest BCUT2D eigenvalue weighted by Crippen LogP contribution is -2.48. The molecule has 2 aliphatic heterocycles. The van der Waals surface area contributed by atoms with E-state index in [4.69, 9.17) is 0 Å². The number of nitrogens with one attached hydrogen (secondary N) is 1. The van der Waals surface area contributed by atoms with Crippen LogP contribution in [-0.4, -0.2) is 53.6 Å². The Hall–Kier alpha value is -0.610. The van der Waals surface area contributed by atoms with Gasteiger partial charge in [-0.1, -0.05) is 13.3 Å². The third-order valence-electron chi connectivity index (χ3n) is 4.27. The Kier molecular flexibility index (Phi) is 4.62. The van der Waals surface area contributed by atoms with Gasteiger partial charge in [-0.05, 0) is 46.2 Å². The minimum absolute atomic E-state index is 0.0313. The third kappa shape index (κ3) is 2.86. The summed E-state index contributed by atoms with van der Waals surface area (Å²) in [6.45, 7) is 9.77. The Bertz CT molecular complexity index is 289. The topological polar surface area (TPSA) is 35.6 Å². The number of rotatable bonds is 4. The molecule has 0 aliphatic carbocycles. The molecule has 0 aromatic carbocycles. The molecule has 1 amide bonds. The van der Waals surface area contributed by atoms with Gasteiger partial charge in [0.2, 0.25) is 5.91 Å². The second-order valence-corrected chi connectivity index (χ2v) is 5.76. The van der Waals surface area contributed by atoms with Gasteiger partial charge in [0.15, 0.2) is 0 Å². The highest BCUT2D eigenvalue weighted by atomic mass is 16.2. The van der Waals surface area contributed by atoms with Crippen molar-refractivity contribution in [2.45, 2.75) is 64.7 Å². The zero-order chi connectivity index (χ0) is 13.1.